The third-order valence-corrected chi connectivity index (χ3v) is 3.27. The highest BCUT2D eigenvalue weighted by Crippen LogP contribution is 2.19. The van der Waals surface area contributed by atoms with Crippen LogP contribution in [0, 0.1) is 0 Å². The molecule has 1 amide bonds. The number of rotatable bonds is 4. The Morgan fingerprint density at radius 3 is 3.05 bits per heavy atom. The molecule has 2 unspecified atom stereocenters. The van der Waals surface area contributed by atoms with E-state index in [0.717, 1.165) is 5.56 Å². The molecule has 0 bridgehead atoms. The van der Waals surface area contributed by atoms with Crippen molar-refractivity contribution < 1.29 is 14.6 Å². The lowest BCUT2D eigenvalue weighted by Gasteiger charge is -2.34. The van der Waals surface area contributed by atoms with Gasteiger partial charge in [0, 0.05) is 18.8 Å². The lowest BCUT2D eigenvalue weighted by molar-refractivity contribution is -0.130. The van der Waals surface area contributed by atoms with E-state index in [1.165, 1.54) is 0 Å². The minimum absolute atomic E-state index is 0.277. The maximum absolute atomic E-state index is 11.3. The van der Waals surface area contributed by atoms with Gasteiger partial charge in [-0.1, -0.05) is 12.1 Å². The van der Waals surface area contributed by atoms with Gasteiger partial charge in [0.15, 0.2) is 0 Å². The number of β-amino-alcohol motifs (C(OH)–C–C–N with tert-alkyl or cyclic N) is 1. The highest BCUT2D eigenvalue weighted by molar-refractivity contribution is 5.80. The highest BCUT2D eigenvalue weighted by Gasteiger charge is 2.29. The van der Waals surface area contributed by atoms with E-state index in [1.807, 2.05) is 4.90 Å². The molecule has 0 aliphatic carbocycles. The Bertz CT molecular complexity index is 453. The van der Waals surface area contributed by atoms with Crippen LogP contribution in [-0.4, -0.2) is 48.3 Å². The number of primary amides is 1. The van der Waals surface area contributed by atoms with E-state index < -0.39 is 18.1 Å². The smallest absolute Gasteiger partial charge is 0.237 e. The molecule has 0 radical (unpaired) electrons. The monoisotopic (exact) mass is 265 g/mol. The summed E-state index contributed by atoms with van der Waals surface area (Å²) in [5, 5.41) is 10.2. The zero-order chi connectivity index (χ0) is 13.8. The molecule has 0 aromatic heterocycles. The van der Waals surface area contributed by atoms with Gasteiger partial charge in [-0.3, -0.25) is 9.69 Å². The molecule has 19 heavy (non-hydrogen) atoms. The number of morpholine rings is 1. The van der Waals surface area contributed by atoms with Gasteiger partial charge < -0.3 is 21.3 Å². The summed E-state index contributed by atoms with van der Waals surface area (Å²) in [7, 11) is 0. The van der Waals surface area contributed by atoms with Crippen molar-refractivity contribution in [1.82, 2.24) is 4.90 Å². The van der Waals surface area contributed by atoms with E-state index in [-0.39, 0.29) is 6.61 Å². The Balaban J connectivity index is 2.04. The molecule has 0 spiro atoms. The number of anilines is 1. The van der Waals surface area contributed by atoms with Gasteiger partial charge >= 0.3 is 0 Å². The van der Waals surface area contributed by atoms with E-state index in [1.54, 1.807) is 24.3 Å². The Morgan fingerprint density at radius 1 is 1.58 bits per heavy atom. The second kappa shape index (κ2) is 6.01. The lowest BCUT2D eigenvalue weighted by atomic mass is 10.1. The zero-order valence-corrected chi connectivity index (χ0v) is 10.7. The molecule has 6 nitrogen and oxygen atoms in total. The van der Waals surface area contributed by atoms with Crippen LogP contribution in [0.3, 0.4) is 0 Å². The third kappa shape index (κ3) is 3.44. The summed E-state index contributed by atoms with van der Waals surface area (Å²) >= 11 is 0. The van der Waals surface area contributed by atoms with Crippen LogP contribution in [0.15, 0.2) is 24.3 Å². The van der Waals surface area contributed by atoms with Gasteiger partial charge in [0.2, 0.25) is 5.91 Å². The van der Waals surface area contributed by atoms with Crippen molar-refractivity contribution in [1.29, 1.82) is 0 Å². The summed E-state index contributed by atoms with van der Waals surface area (Å²) < 4.78 is 5.24. The lowest BCUT2D eigenvalue weighted by Crippen LogP contribution is -2.53. The largest absolute Gasteiger partial charge is 0.399 e. The molecule has 0 saturated carbocycles. The van der Waals surface area contributed by atoms with Crippen LogP contribution in [0.5, 0.6) is 0 Å². The molecular formula is C13H19N3O3. The van der Waals surface area contributed by atoms with Crippen LogP contribution < -0.4 is 11.5 Å². The summed E-state index contributed by atoms with van der Waals surface area (Å²) in [5.41, 5.74) is 12.4. The molecule has 1 saturated heterocycles. The predicted molar refractivity (Wildman–Crippen MR) is 71.2 cm³/mol. The first-order valence-electron chi connectivity index (χ1n) is 6.22. The summed E-state index contributed by atoms with van der Waals surface area (Å²) in [6.45, 7) is 1.72. The fraction of sp³-hybridized carbons (Fsp3) is 0.462. The number of nitrogens with zero attached hydrogens (tertiary/aromatic N) is 1. The van der Waals surface area contributed by atoms with Crippen molar-refractivity contribution in [2.24, 2.45) is 5.73 Å². The molecule has 6 heteroatoms. The van der Waals surface area contributed by atoms with Crippen LogP contribution in [-0.2, 0) is 9.53 Å². The van der Waals surface area contributed by atoms with Crippen LogP contribution in [0.1, 0.15) is 11.7 Å². The molecular weight excluding hydrogens is 246 g/mol. The van der Waals surface area contributed by atoms with Crippen LogP contribution in [0.4, 0.5) is 5.69 Å². The maximum Gasteiger partial charge on any atom is 0.237 e. The Morgan fingerprint density at radius 2 is 2.37 bits per heavy atom. The van der Waals surface area contributed by atoms with E-state index in [2.05, 4.69) is 0 Å². The van der Waals surface area contributed by atoms with Crippen LogP contribution in [0.2, 0.25) is 0 Å². The first-order valence-corrected chi connectivity index (χ1v) is 6.22. The second-order valence-corrected chi connectivity index (χ2v) is 4.67. The van der Waals surface area contributed by atoms with E-state index in [4.69, 9.17) is 16.2 Å². The van der Waals surface area contributed by atoms with Crippen LogP contribution in [0.25, 0.3) is 0 Å². The van der Waals surface area contributed by atoms with Crippen molar-refractivity contribution in [3.63, 3.8) is 0 Å². The summed E-state index contributed by atoms with van der Waals surface area (Å²) in [6.07, 6.45) is -0.705. The van der Waals surface area contributed by atoms with Crippen molar-refractivity contribution in [2.45, 2.75) is 12.1 Å². The Kier molecular flexibility index (Phi) is 4.36. The molecule has 2 atom stereocenters. The van der Waals surface area contributed by atoms with Gasteiger partial charge in [0.1, 0.15) is 6.04 Å². The number of ether oxygens (including phenoxy) is 1. The average molecular weight is 265 g/mol. The van der Waals surface area contributed by atoms with Crippen molar-refractivity contribution in [3.05, 3.63) is 29.8 Å². The van der Waals surface area contributed by atoms with E-state index in [0.29, 0.717) is 25.4 Å². The molecule has 1 aliphatic rings. The van der Waals surface area contributed by atoms with Crippen molar-refractivity contribution in [2.75, 3.05) is 32.0 Å². The number of carbonyl (C=O) groups excluding carboxylic acids is 1. The normalized spacial score (nSPS) is 22.1. The van der Waals surface area contributed by atoms with Gasteiger partial charge in [-0.05, 0) is 17.7 Å². The number of carbonyl (C=O) groups is 1. The minimum Gasteiger partial charge on any atom is -0.399 e. The van der Waals surface area contributed by atoms with Crippen LogP contribution >= 0.6 is 0 Å². The van der Waals surface area contributed by atoms with Crippen molar-refractivity contribution >= 4 is 11.6 Å². The fourth-order valence-corrected chi connectivity index (χ4v) is 2.21. The summed E-state index contributed by atoms with van der Waals surface area (Å²) in [5.74, 6) is -0.431. The predicted octanol–water partition coefficient (Wildman–Crippen LogP) is -0.512. The minimum atomic E-state index is -0.705. The maximum atomic E-state index is 11.3. The number of hydrogen-bond donors (Lipinski definition) is 3. The number of hydrogen-bond acceptors (Lipinski definition) is 5. The Labute approximate surface area is 111 Å². The second-order valence-electron chi connectivity index (χ2n) is 4.67. The fourth-order valence-electron chi connectivity index (χ4n) is 2.21. The molecule has 2 rings (SSSR count). The number of nitrogen functional groups attached to an aromatic ring is 1. The molecule has 1 heterocycles. The number of benzene rings is 1. The molecule has 1 aromatic rings. The van der Waals surface area contributed by atoms with Gasteiger partial charge in [0.05, 0.1) is 19.3 Å². The van der Waals surface area contributed by atoms with Gasteiger partial charge in [-0.15, -0.1) is 0 Å². The SMILES string of the molecule is NC(=O)C1COCCN1CC(O)c1cccc(N)c1. The van der Waals surface area contributed by atoms with E-state index >= 15 is 0 Å². The quantitative estimate of drug-likeness (QED) is 0.636. The summed E-state index contributed by atoms with van der Waals surface area (Å²) in [6, 6.07) is 6.60. The topological polar surface area (TPSA) is 102 Å². The number of aliphatic hydroxyl groups excluding tert-OH is 1. The molecule has 1 aliphatic heterocycles. The number of nitrogens with two attached hydrogens (primary N) is 2. The van der Waals surface area contributed by atoms with Gasteiger partial charge in [-0.2, -0.15) is 0 Å². The first-order chi connectivity index (χ1) is 9.08. The Hall–Kier alpha value is -1.63. The number of aliphatic hydroxyl groups is 1. The molecule has 1 aromatic carbocycles. The average Bonchev–Trinajstić information content (AvgIpc) is 2.39. The number of amides is 1. The molecule has 5 N–H and O–H groups in total. The van der Waals surface area contributed by atoms with E-state index in [9.17, 15) is 9.90 Å². The standard InChI is InChI=1S/C13H19N3O3/c14-10-3-1-2-9(6-10)12(17)7-16-4-5-19-8-11(16)13(15)18/h1-3,6,11-12,17H,4-5,7-8,14H2,(H2,15,18). The first kappa shape index (κ1) is 13.8. The molecule has 104 valence electrons. The van der Waals surface area contributed by atoms with Crippen molar-refractivity contribution in [3.8, 4) is 0 Å². The molecule has 1 fully saturated rings. The summed E-state index contributed by atoms with van der Waals surface area (Å²) in [4.78, 5) is 13.2. The highest BCUT2D eigenvalue weighted by atomic mass is 16.5. The zero-order valence-electron chi connectivity index (χ0n) is 10.7. The van der Waals surface area contributed by atoms with Gasteiger partial charge in [0.25, 0.3) is 0 Å². The third-order valence-electron chi connectivity index (χ3n) is 3.27. The van der Waals surface area contributed by atoms with Gasteiger partial charge in [-0.25, -0.2) is 0 Å².